The number of nitro groups is 1. The lowest BCUT2D eigenvalue weighted by atomic mass is 10.3. The van der Waals surface area contributed by atoms with Crippen LogP contribution in [0.4, 0.5) is 5.69 Å². The number of aromatic nitrogens is 4. The van der Waals surface area contributed by atoms with Crippen LogP contribution in [0.5, 0.6) is 11.6 Å². The average Bonchev–Trinajstić information content (AvgIpc) is 2.87. The van der Waals surface area contributed by atoms with Crippen molar-refractivity contribution in [3.63, 3.8) is 0 Å². The van der Waals surface area contributed by atoms with Gasteiger partial charge in [-0.15, -0.1) is 0 Å². The number of aryl methyl sites for hydroxylation is 2. The van der Waals surface area contributed by atoms with Gasteiger partial charge in [0, 0.05) is 23.9 Å². The summed E-state index contributed by atoms with van der Waals surface area (Å²) in [7, 11) is 0. The van der Waals surface area contributed by atoms with Crippen molar-refractivity contribution in [2.45, 2.75) is 13.8 Å². The Morgan fingerprint density at radius 2 is 1.87 bits per heavy atom. The number of rotatable bonds is 4. The lowest BCUT2D eigenvalue weighted by Crippen LogP contribution is -2.03. The number of hydrogen-bond donors (Lipinski definition) is 0. The van der Waals surface area contributed by atoms with E-state index in [1.54, 1.807) is 10.7 Å². The molecule has 0 radical (unpaired) electrons. The van der Waals surface area contributed by atoms with Crippen molar-refractivity contribution < 1.29 is 9.66 Å². The smallest absolute Gasteiger partial charge is 0.269 e. The molecule has 0 amide bonds. The van der Waals surface area contributed by atoms with Crippen molar-refractivity contribution in [3.8, 4) is 17.4 Å². The molecular weight excluding hydrogens is 298 g/mol. The summed E-state index contributed by atoms with van der Waals surface area (Å²) in [4.78, 5) is 18.4. The minimum atomic E-state index is -0.463. The summed E-state index contributed by atoms with van der Waals surface area (Å²) < 4.78 is 7.30. The zero-order valence-corrected chi connectivity index (χ0v) is 12.5. The fraction of sp³-hybridized carbons (Fsp3) is 0.133. The third-order valence-electron chi connectivity index (χ3n) is 3.12. The first kappa shape index (κ1) is 14.6. The van der Waals surface area contributed by atoms with Gasteiger partial charge in [0.15, 0.2) is 5.82 Å². The SMILES string of the molecule is Cc1cc(C)n(-c2cc(Oc3ccc([N+](=O)[O-])cc3)ncn2)n1. The van der Waals surface area contributed by atoms with E-state index in [4.69, 9.17) is 4.74 Å². The van der Waals surface area contributed by atoms with E-state index in [0.717, 1.165) is 11.4 Å². The first-order valence-corrected chi connectivity index (χ1v) is 6.81. The maximum absolute atomic E-state index is 10.6. The summed E-state index contributed by atoms with van der Waals surface area (Å²) in [5.74, 6) is 1.37. The highest BCUT2D eigenvalue weighted by atomic mass is 16.6. The Bertz CT molecular complexity index is 858. The third kappa shape index (κ3) is 3.15. The Labute approximate surface area is 131 Å². The molecule has 23 heavy (non-hydrogen) atoms. The van der Waals surface area contributed by atoms with Crippen LogP contribution in [0.25, 0.3) is 5.82 Å². The van der Waals surface area contributed by atoms with Gasteiger partial charge in [0.05, 0.1) is 10.6 Å². The van der Waals surface area contributed by atoms with Crippen molar-refractivity contribution in [2.24, 2.45) is 0 Å². The molecule has 8 nitrogen and oxygen atoms in total. The molecule has 0 spiro atoms. The molecule has 0 unspecified atom stereocenters. The van der Waals surface area contributed by atoms with Gasteiger partial charge in [-0.1, -0.05) is 0 Å². The minimum absolute atomic E-state index is 0.00312. The Balaban J connectivity index is 1.85. The van der Waals surface area contributed by atoms with Crippen molar-refractivity contribution in [2.75, 3.05) is 0 Å². The number of hydrogen-bond acceptors (Lipinski definition) is 6. The lowest BCUT2D eigenvalue weighted by Gasteiger charge is -2.07. The van der Waals surface area contributed by atoms with Crippen LogP contribution in [0, 0.1) is 24.0 Å². The zero-order valence-electron chi connectivity index (χ0n) is 12.5. The Kier molecular flexibility index (Phi) is 3.71. The summed E-state index contributed by atoms with van der Waals surface area (Å²) in [6.45, 7) is 3.83. The van der Waals surface area contributed by atoms with Crippen LogP contribution >= 0.6 is 0 Å². The molecule has 3 rings (SSSR count). The van der Waals surface area contributed by atoms with E-state index in [1.807, 2.05) is 19.9 Å². The summed E-state index contributed by atoms with van der Waals surface area (Å²) in [6.07, 6.45) is 1.38. The highest BCUT2D eigenvalue weighted by Crippen LogP contribution is 2.23. The number of nitro benzene ring substituents is 1. The van der Waals surface area contributed by atoms with Crippen LogP contribution in [0.15, 0.2) is 42.7 Å². The van der Waals surface area contributed by atoms with Crippen LogP contribution in [0.1, 0.15) is 11.4 Å². The monoisotopic (exact) mass is 311 g/mol. The molecule has 0 N–H and O–H groups in total. The largest absolute Gasteiger partial charge is 0.439 e. The second-order valence-corrected chi connectivity index (χ2v) is 4.91. The minimum Gasteiger partial charge on any atom is -0.439 e. The van der Waals surface area contributed by atoms with Gasteiger partial charge in [0.1, 0.15) is 12.1 Å². The fourth-order valence-electron chi connectivity index (χ4n) is 2.12. The highest BCUT2D eigenvalue weighted by molar-refractivity contribution is 5.38. The summed E-state index contributed by atoms with van der Waals surface area (Å²) in [6, 6.07) is 9.38. The van der Waals surface area contributed by atoms with Crippen LogP contribution in [-0.2, 0) is 0 Å². The van der Waals surface area contributed by atoms with Crippen molar-refractivity contribution in [1.82, 2.24) is 19.7 Å². The van der Waals surface area contributed by atoms with Gasteiger partial charge in [-0.25, -0.2) is 14.6 Å². The highest BCUT2D eigenvalue weighted by Gasteiger charge is 2.09. The van der Waals surface area contributed by atoms with Gasteiger partial charge in [-0.2, -0.15) is 5.10 Å². The van der Waals surface area contributed by atoms with Crippen LogP contribution < -0.4 is 4.74 Å². The quantitative estimate of drug-likeness (QED) is 0.543. The second-order valence-electron chi connectivity index (χ2n) is 4.91. The fourth-order valence-corrected chi connectivity index (χ4v) is 2.12. The first-order valence-electron chi connectivity index (χ1n) is 6.81. The van der Waals surface area contributed by atoms with Crippen LogP contribution in [0.2, 0.25) is 0 Å². The third-order valence-corrected chi connectivity index (χ3v) is 3.12. The Hall–Kier alpha value is -3.29. The summed E-state index contributed by atoms with van der Waals surface area (Å²) in [5.41, 5.74) is 1.84. The van der Waals surface area contributed by atoms with Gasteiger partial charge in [-0.05, 0) is 32.0 Å². The van der Waals surface area contributed by atoms with E-state index in [-0.39, 0.29) is 5.69 Å². The molecule has 0 aliphatic heterocycles. The summed E-state index contributed by atoms with van der Waals surface area (Å²) >= 11 is 0. The molecule has 0 atom stereocenters. The average molecular weight is 311 g/mol. The maximum atomic E-state index is 10.6. The number of ether oxygens (including phenoxy) is 1. The Morgan fingerprint density at radius 3 is 2.48 bits per heavy atom. The van der Waals surface area contributed by atoms with Gasteiger partial charge in [0.2, 0.25) is 5.88 Å². The van der Waals surface area contributed by atoms with E-state index in [9.17, 15) is 10.1 Å². The molecule has 2 aromatic heterocycles. The molecule has 0 aliphatic carbocycles. The maximum Gasteiger partial charge on any atom is 0.269 e. The van der Waals surface area contributed by atoms with E-state index >= 15 is 0 Å². The lowest BCUT2D eigenvalue weighted by molar-refractivity contribution is -0.384. The normalized spacial score (nSPS) is 10.5. The van der Waals surface area contributed by atoms with E-state index in [1.165, 1.54) is 30.6 Å². The van der Waals surface area contributed by atoms with Crippen molar-refractivity contribution in [3.05, 3.63) is 64.2 Å². The molecule has 3 aromatic rings. The first-order chi connectivity index (χ1) is 11.0. The van der Waals surface area contributed by atoms with E-state index in [0.29, 0.717) is 17.4 Å². The molecule has 2 heterocycles. The molecule has 0 aliphatic rings. The van der Waals surface area contributed by atoms with Crippen LogP contribution in [-0.4, -0.2) is 24.7 Å². The molecule has 1 aromatic carbocycles. The molecule has 0 fully saturated rings. The van der Waals surface area contributed by atoms with Gasteiger partial charge in [-0.3, -0.25) is 10.1 Å². The number of non-ortho nitro benzene ring substituents is 1. The van der Waals surface area contributed by atoms with Crippen molar-refractivity contribution in [1.29, 1.82) is 0 Å². The standard InChI is InChI=1S/C15H13N5O3/c1-10-7-11(2)19(18-10)14-8-15(17-9-16-14)23-13-5-3-12(4-6-13)20(21)22/h3-9H,1-2H3. The molecule has 0 saturated heterocycles. The molecule has 116 valence electrons. The van der Waals surface area contributed by atoms with Gasteiger partial charge in [0.25, 0.3) is 5.69 Å². The van der Waals surface area contributed by atoms with Gasteiger partial charge >= 0.3 is 0 Å². The number of benzene rings is 1. The van der Waals surface area contributed by atoms with E-state index < -0.39 is 4.92 Å². The predicted molar refractivity (Wildman–Crippen MR) is 81.8 cm³/mol. The predicted octanol–water partition coefficient (Wildman–Crippen LogP) is 2.98. The second kappa shape index (κ2) is 5.84. The molecule has 8 heteroatoms. The molecule has 0 bridgehead atoms. The van der Waals surface area contributed by atoms with Gasteiger partial charge < -0.3 is 4.74 Å². The zero-order chi connectivity index (χ0) is 16.4. The molecular formula is C15H13N5O3. The number of nitrogens with zero attached hydrogens (tertiary/aromatic N) is 5. The van der Waals surface area contributed by atoms with Crippen LogP contribution in [0.3, 0.4) is 0 Å². The van der Waals surface area contributed by atoms with Crippen molar-refractivity contribution >= 4 is 5.69 Å². The molecule has 0 saturated carbocycles. The topological polar surface area (TPSA) is 96.0 Å². The Morgan fingerprint density at radius 1 is 1.13 bits per heavy atom. The summed E-state index contributed by atoms with van der Waals surface area (Å²) in [5, 5.41) is 15.0. The van der Waals surface area contributed by atoms with E-state index in [2.05, 4.69) is 15.1 Å².